The number of likely N-dealkylation sites (tertiary alicyclic amines) is 1. The number of sulfonamides is 1. The summed E-state index contributed by atoms with van der Waals surface area (Å²) in [7, 11) is -3.64. The molecule has 2 fully saturated rings. The second-order valence-corrected chi connectivity index (χ2v) is 9.86. The number of nitrogens with zero attached hydrogens (tertiary/aromatic N) is 3. The average Bonchev–Trinajstić information content (AvgIpc) is 3.00. The number of carbonyl (C=O) groups excluding carboxylic acids is 1. The van der Waals surface area contributed by atoms with Crippen molar-refractivity contribution in [2.24, 2.45) is 17.6 Å². The Kier molecular flexibility index (Phi) is 7.52. The highest BCUT2D eigenvalue weighted by molar-refractivity contribution is 7.89. The highest BCUT2D eigenvalue weighted by atomic mass is 35.5. The molecule has 1 aromatic heterocycles. The van der Waals surface area contributed by atoms with Gasteiger partial charge in [-0.3, -0.25) is 9.89 Å². The number of aromatic nitrogens is 2. The monoisotopic (exact) mass is 433 g/mol. The molecule has 0 radical (unpaired) electrons. The van der Waals surface area contributed by atoms with Gasteiger partial charge >= 0.3 is 0 Å². The van der Waals surface area contributed by atoms with E-state index < -0.39 is 10.0 Å². The van der Waals surface area contributed by atoms with E-state index in [0.717, 1.165) is 19.3 Å². The molecule has 2 aliphatic heterocycles. The maximum atomic E-state index is 13.1. The summed E-state index contributed by atoms with van der Waals surface area (Å²) in [6.45, 7) is 7.54. The molecule has 0 aliphatic carbocycles. The lowest BCUT2D eigenvalue weighted by Crippen LogP contribution is -2.49. The number of piperidine rings is 2. The molecule has 2 atom stereocenters. The van der Waals surface area contributed by atoms with Crippen LogP contribution in [0.4, 0.5) is 0 Å². The number of hydrogen-bond donors (Lipinski definition) is 2. The number of aromatic amines is 1. The molecule has 3 heterocycles. The molecule has 0 bridgehead atoms. The largest absolute Gasteiger partial charge is 0.342 e. The van der Waals surface area contributed by atoms with Gasteiger partial charge in [0.1, 0.15) is 4.90 Å². The predicted molar refractivity (Wildman–Crippen MR) is 110 cm³/mol. The van der Waals surface area contributed by atoms with E-state index in [1.165, 1.54) is 4.31 Å². The maximum Gasteiger partial charge on any atom is 0.246 e. The quantitative estimate of drug-likeness (QED) is 0.745. The molecule has 160 valence electrons. The third-order valence-corrected chi connectivity index (χ3v) is 8.12. The van der Waals surface area contributed by atoms with Crippen LogP contribution >= 0.6 is 12.4 Å². The minimum Gasteiger partial charge on any atom is -0.342 e. The second-order valence-electron chi connectivity index (χ2n) is 7.99. The van der Waals surface area contributed by atoms with Crippen molar-refractivity contribution in [1.82, 2.24) is 19.4 Å². The fourth-order valence-corrected chi connectivity index (χ4v) is 6.17. The van der Waals surface area contributed by atoms with Gasteiger partial charge in [-0.05, 0) is 52.4 Å². The van der Waals surface area contributed by atoms with Gasteiger partial charge in [0.2, 0.25) is 15.9 Å². The predicted octanol–water partition coefficient (Wildman–Crippen LogP) is 1.43. The van der Waals surface area contributed by atoms with Crippen molar-refractivity contribution in [3.05, 3.63) is 11.4 Å². The fourth-order valence-electron chi connectivity index (χ4n) is 4.32. The molecule has 2 unspecified atom stereocenters. The van der Waals surface area contributed by atoms with Crippen LogP contribution in [0, 0.1) is 25.7 Å². The Bertz CT molecular complexity index is 768. The van der Waals surface area contributed by atoms with Crippen LogP contribution in [0.2, 0.25) is 0 Å². The van der Waals surface area contributed by atoms with Crippen molar-refractivity contribution in [2.45, 2.75) is 57.4 Å². The maximum absolute atomic E-state index is 13.1. The first-order chi connectivity index (χ1) is 12.7. The van der Waals surface area contributed by atoms with Crippen molar-refractivity contribution in [2.75, 3.05) is 26.2 Å². The van der Waals surface area contributed by atoms with E-state index in [-0.39, 0.29) is 41.7 Å². The van der Waals surface area contributed by atoms with Crippen molar-refractivity contribution >= 4 is 28.3 Å². The Hall–Kier alpha value is -1.16. The molecule has 0 aromatic carbocycles. The molecule has 3 N–H and O–H groups in total. The van der Waals surface area contributed by atoms with E-state index in [4.69, 9.17) is 5.73 Å². The Morgan fingerprint density at radius 3 is 2.39 bits per heavy atom. The third kappa shape index (κ3) is 4.53. The van der Waals surface area contributed by atoms with Crippen LogP contribution in [-0.2, 0) is 14.8 Å². The normalized spacial score (nSPS) is 23.3. The molecule has 0 spiro atoms. The van der Waals surface area contributed by atoms with Crippen LogP contribution in [0.15, 0.2) is 4.90 Å². The summed E-state index contributed by atoms with van der Waals surface area (Å²) < 4.78 is 27.6. The lowest BCUT2D eigenvalue weighted by Gasteiger charge is -2.38. The van der Waals surface area contributed by atoms with Crippen molar-refractivity contribution < 1.29 is 13.2 Å². The van der Waals surface area contributed by atoms with Crippen LogP contribution in [0.1, 0.15) is 44.0 Å². The molecular weight excluding hydrogens is 402 g/mol. The Morgan fingerprint density at radius 1 is 1.21 bits per heavy atom. The van der Waals surface area contributed by atoms with Crippen molar-refractivity contribution in [3.8, 4) is 0 Å². The number of amides is 1. The van der Waals surface area contributed by atoms with Crippen molar-refractivity contribution in [3.63, 3.8) is 0 Å². The Labute approximate surface area is 173 Å². The van der Waals surface area contributed by atoms with Gasteiger partial charge in [-0.15, -0.1) is 12.4 Å². The molecular formula is C18H32ClN5O3S. The van der Waals surface area contributed by atoms with Gasteiger partial charge in [-0.25, -0.2) is 8.42 Å². The lowest BCUT2D eigenvalue weighted by atomic mass is 9.89. The number of nitrogens with one attached hydrogen (secondary N) is 1. The second kappa shape index (κ2) is 9.11. The minimum atomic E-state index is -3.64. The highest BCUT2D eigenvalue weighted by Crippen LogP contribution is 2.29. The highest BCUT2D eigenvalue weighted by Gasteiger charge is 2.37. The first-order valence-electron chi connectivity index (χ1n) is 9.78. The molecule has 0 saturated carbocycles. The number of carbonyl (C=O) groups is 1. The summed E-state index contributed by atoms with van der Waals surface area (Å²) in [6, 6.07) is 0.152. The molecule has 1 aromatic rings. The van der Waals surface area contributed by atoms with Crippen LogP contribution in [0.25, 0.3) is 0 Å². The lowest BCUT2D eigenvalue weighted by molar-refractivity contribution is -0.138. The Morgan fingerprint density at radius 2 is 1.86 bits per heavy atom. The number of halogens is 1. The van der Waals surface area contributed by atoms with E-state index in [1.54, 1.807) is 13.8 Å². The molecule has 10 heteroatoms. The van der Waals surface area contributed by atoms with Crippen LogP contribution in [0.5, 0.6) is 0 Å². The summed E-state index contributed by atoms with van der Waals surface area (Å²) in [5.41, 5.74) is 7.00. The summed E-state index contributed by atoms with van der Waals surface area (Å²) in [5, 5.41) is 6.75. The molecule has 2 saturated heterocycles. The fraction of sp³-hybridized carbons (Fsp3) is 0.778. The van der Waals surface area contributed by atoms with E-state index in [2.05, 4.69) is 10.2 Å². The van der Waals surface area contributed by atoms with Crippen molar-refractivity contribution in [1.29, 1.82) is 0 Å². The standard InChI is InChI=1S/C18H31N5O3S.ClH/c1-12(19)15-6-9-22(10-7-15)18(24)16-5-4-8-23(11-16)27(25,26)17-13(2)20-21-14(17)3;/h12,15-16H,4-11,19H2,1-3H3,(H,20,21);1H. The van der Waals surface area contributed by atoms with Gasteiger partial charge < -0.3 is 10.6 Å². The van der Waals surface area contributed by atoms with E-state index in [9.17, 15) is 13.2 Å². The van der Waals surface area contributed by atoms with E-state index in [1.807, 2.05) is 11.8 Å². The molecule has 8 nitrogen and oxygen atoms in total. The SMILES string of the molecule is Cc1n[nH]c(C)c1S(=O)(=O)N1CCCC(C(=O)N2CCC(C(C)N)CC2)C1.Cl. The van der Waals surface area contributed by atoms with Crippen LogP contribution in [-0.4, -0.2) is 65.9 Å². The first kappa shape index (κ1) is 23.1. The molecule has 3 rings (SSSR count). The molecule has 28 heavy (non-hydrogen) atoms. The number of H-pyrrole nitrogens is 1. The third-order valence-electron chi connectivity index (χ3n) is 5.99. The smallest absolute Gasteiger partial charge is 0.246 e. The van der Waals surface area contributed by atoms with Crippen LogP contribution < -0.4 is 5.73 Å². The first-order valence-corrected chi connectivity index (χ1v) is 11.2. The molecule has 2 aliphatic rings. The average molecular weight is 434 g/mol. The van der Waals surface area contributed by atoms with Gasteiger partial charge in [-0.1, -0.05) is 0 Å². The van der Waals surface area contributed by atoms with E-state index >= 15 is 0 Å². The molecule has 1 amide bonds. The van der Waals surface area contributed by atoms with Gasteiger partial charge in [0.15, 0.2) is 0 Å². The van der Waals surface area contributed by atoms with E-state index in [0.29, 0.717) is 43.4 Å². The van der Waals surface area contributed by atoms with Gasteiger partial charge in [-0.2, -0.15) is 9.40 Å². The number of aryl methyl sites for hydroxylation is 2. The zero-order valence-electron chi connectivity index (χ0n) is 16.8. The number of rotatable bonds is 4. The topological polar surface area (TPSA) is 112 Å². The number of nitrogens with two attached hydrogens (primary N) is 1. The van der Waals surface area contributed by atoms with Gasteiger partial charge in [0.25, 0.3) is 0 Å². The van der Waals surface area contributed by atoms with Gasteiger partial charge in [0.05, 0.1) is 17.3 Å². The summed E-state index contributed by atoms with van der Waals surface area (Å²) in [6.07, 6.45) is 3.28. The summed E-state index contributed by atoms with van der Waals surface area (Å²) in [5.74, 6) is 0.274. The Balaban J connectivity index is 0.00000280. The zero-order chi connectivity index (χ0) is 19.8. The number of hydrogen-bond acceptors (Lipinski definition) is 5. The van der Waals surface area contributed by atoms with Gasteiger partial charge in [0, 0.05) is 32.2 Å². The minimum absolute atomic E-state index is 0. The zero-order valence-corrected chi connectivity index (χ0v) is 18.5. The summed E-state index contributed by atoms with van der Waals surface area (Å²) in [4.78, 5) is 15.1. The van der Waals surface area contributed by atoms with Crippen LogP contribution in [0.3, 0.4) is 0 Å². The summed E-state index contributed by atoms with van der Waals surface area (Å²) >= 11 is 0.